The number of amides is 1. The van der Waals surface area contributed by atoms with Crippen molar-refractivity contribution in [1.29, 1.82) is 0 Å². The number of hydrogen-bond acceptors (Lipinski definition) is 2. The highest BCUT2D eigenvalue weighted by Crippen LogP contribution is 2.27. The molecule has 0 spiro atoms. The minimum Gasteiger partial charge on any atom is -0.338 e. The zero-order chi connectivity index (χ0) is 13.9. The van der Waals surface area contributed by atoms with Gasteiger partial charge in [0.15, 0.2) is 0 Å². The average Bonchev–Trinajstić information content (AvgIpc) is 2.75. The molecule has 0 radical (unpaired) electrons. The average molecular weight is 254 g/mol. The van der Waals surface area contributed by atoms with Gasteiger partial charge in [-0.15, -0.1) is 0 Å². The second-order valence-corrected chi connectivity index (χ2v) is 7.17. The Morgan fingerprint density at radius 2 is 1.78 bits per heavy atom. The molecule has 0 aromatic carbocycles. The molecule has 106 valence electrons. The summed E-state index contributed by atoms with van der Waals surface area (Å²) in [6.07, 6.45) is 4.79. The van der Waals surface area contributed by atoms with Crippen molar-refractivity contribution in [1.82, 2.24) is 4.90 Å². The van der Waals surface area contributed by atoms with Gasteiger partial charge in [0.1, 0.15) is 0 Å². The minimum atomic E-state index is -0.392. The van der Waals surface area contributed by atoms with Crippen LogP contribution in [0.4, 0.5) is 0 Å². The molecular weight excluding hydrogens is 224 g/mol. The number of nitrogens with zero attached hydrogens (tertiary/aromatic N) is 1. The Labute approximate surface area is 112 Å². The summed E-state index contributed by atoms with van der Waals surface area (Å²) < 4.78 is 0. The van der Waals surface area contributed by atoms with Crippen LogP contribution < -0.4 is 5.73 Å². The maximum Gasteiger partial charge on any atom is 0.240 e. The molecule has 1 aliphatic carbocycles. The van der Waals surface area contributed by atoms with Gasteiger partial charge in [-0.05, 0) is 24.2 Å². The highest BCUT2D eigenvalue weighted by molar-refractivity contribution is 5.82. The lowest BCUT2D eigenvalue weighted by molar-refractivity contribution is -0.137. The number of nitrogens with two attached hydrogens (primary N) is 1. The first-order valence-corrected chi connectivity index (χ1v) is 7.29. The van der Waals surface area contributed by atoms with E-state index < -0.39 is 6.04 Å². The van der Waals surface area contributed by atoms with Gasteiger partial charge in [0, 0.05) is 12.6 Å². The summed E-state index contributed by atoms with van der Waals surface area (Å²) >= 11 is 0. The van der Waals surface area contributed by atoms with Crippen molar-refractivity contribution in [3.05, 3.63) is 0 Å². The maximum absolute atomic E-state index is 12.6. The Balaban J connectivity index is 2.78. The first kappa shape index (κ1) is 15.5. The van der Waals surface area contributed by atoms with Gasteiger partial charge in [-0.3, -0.25) is 4.79 Å². The van der Waals surface area contributed by atoms with E-state index in [1.807, 2.05) is 20.8 Å². The van der Waals surface area contributed by atoms with Crippen molar-refractivity contribution in [3.8, 4) is 0 Å². The SMILES string of the molecule is CC(C)CN(C(=O)[C@@H](N)C(C)(C)C)C1CCCC1. The molecule has 1 amide bonds. The summed E-state index contributed by atoms with van der Waals surface area (Å²) in [6, 6.07) is 0.0325. The second-order valence-electron chi connectivity index (χ2n) is 7.17. The van der Waals surface area contributed by atoms with E-state index in [2.05, 4.69) is 18.7 Å². The first-order chi connectivity index (χ1) is 8.23. The molecule has 0 unspecified atom stereocenters. The second kappa shape index (κ2) is 6.05. The van der Waals surface area contributed by atoms with E-state index >= 15 is 0 Å². The van der Waals surface area contributed by atoms with Gasteiger partial charge >= 0.3 is 0 Å². The Hall–Kier alpha value is -0.570. The van der Waals surface area contributed by atoms with Gasteiger partial charge in [-0.2, -0.15) is 0 Å². The van der Waals surface area contributed by atoms with Crippen LogP contribution in [-0.2, 0) is 4.79 Å². The third kappa shape index (κ3) is 3.98. The summed E-state index contributed by atoms with van der Waals surface area (Å²) in [5.41, 5.74) is 5.99. The fraction of sp³-hybridized carbons (Fsp3) is 0.933. The molecule has 3 heteroatoms. The highest BCUT2D eigenvalue weighted by atomic mass is 16.2. The fourth-order valence-corrected chi connectivity index (χ4v) is 2.58. The molecule has 1 atom stereocenters. The van der Waals surface area contributed by atoms with Gasteiger partial charge < -0.3 is 10.6 Å². The van der Waals surface area contributed by atoms with E-state index in [1.165, 1.54) is 12.8 Å². The highest BCUT2D eigenvalue weighted by Gasteiger charge is 2.35. The van der Waals surface area contributed by atoms with Crippen molar-refractivity contribution in [2.75, 3.05) is 6.54 Å². The lowest BCUT2D eigenvalue weighted by Gasteiger charge is -2.36. The van der Waals surface area contributed by atoms with Crippen LogP contribution in [0.25, 0.3) is 0 Å². The largest absolute Gasteiger partial charge is 0.338 e. The van der Waals surface area contributed by atoms with Crippen LogP contribution in [0, 0.1) is 11.3 Å². The zero-order valence-electron chi connectivity index (χ0n) is 12.7. The van der Waals surface area contributed by atoms with Gasteiger partial charge in [0.25, 0.3) is 0 Å². The smallest absolute Gasteiger partial charge is 0.240 e. The summed E-state index contributed by atoms with van der Waals surface area (Å²) in [5, 5.41) is 0. The fourth-order valence-electron chi connectivity index (χ4n) is 2.58. The molecule has 1 saturated carbocycles. The summed E-state index contributed by atoms with van der Waals surface area (Å²) in [5.74, 6) is 0.643. The van der Waals surface area contributed by atoms with Crippen molar-refractivity contribution >= 4 is 5.91 Å². The lowest BCUT2D eigenvalue weighted by Crippen LogP contribution is -2.53. The Kier molecular flexibility index (Phi) is 5.20. The van der Waals surface area contributed by atoms with Crippen molar-refractivity contribution in [2.24, 2.45) is 17.1 Å². The molecule has 0 bridgehead atoms. The van der Waals surface area contributed by atoms with Crippen molar-refractivity contribution < 1.29 is 4.79 Å². The molecule has 0 aromatic rings. The van der Waals surface area contributed by atoms with Crippen LogP contribution in [0.3, 0.4) is 0 Å². The van der Waals surface area contributed by atoms with Crippen LogP contribution in [-0.4, -0.2) is 29.4 Å². The number of rotatable bonds is 4. The predicted octanol–water partition coefficient (Wildman–Crippen LogP) is 2.79. The van der Waals surface area contributed by atoms with Gasteiger partial charge in [0.05, 0.1) is 6.04 Å². The first-order valence-electron chi connectivity index (χ1n) is 7.29. The van der Waals surface area contributed by atoms with Crippen LogP contribution in [0.5, 0.6) is 0 Å². The Morgan fingerprint density at radius 1 is 1.28 bits per heavy atom. The van der Waals surface area contributed by atoms with Crippen molar-refractivity contribution in [3.63, 3.8) is 0 Å². The molecule has 0 aliphatic heterocycles. The van der Waals surface area contributed by atoms with Crippen LogP contribution >= 0.6 is 0 Å². The van der Waals surface area contributed by atoms with Gasteiger partial charge in [-0.25, -0.2) is 0 Å². The Bertz CT molecular complexity index is 275. The summed E-state index contributed by atoms with van der Waals surface area (Å²) in [6.45, 7) is 11.3. The molecule has 18 heavy (non-hydrogen) atoms. The third-order valence-electron chi connectivity index (χ3n) is 3.81. The van der Waals surface area contributed by atoms with E-state index in [4.69, 9.17) is 5.73 Å². The third-order valence-corrected chi connectivity index (χ3v) is 3.81. The molecule has 0 saturated heterocycles. The molecule has 1 aliphatic rings. The standard InChI is InChI=1S/C15H30N2O/c1-11(2)10-17(12-8-6-7-9-12)14(18)13(16)15(3,4)5/h11-13H,6-10,16H2,1-5H3/t13-/m1/s1. The Morgan fingerprint density at radius 3 is 2.17 bits per heavy atom. The minimum absolute atomic E-state index is 0.142. The molecule has 2 N–H and O–H groups in total. The van der Waals surface area contributed by atoms with Crippen LogP contribution in [0.15, 0.2) is 0 Å². The van der Waals surface area contributed by atoms with Gasteiger partial charge in [-0.1, -0.05) is 47.5 Å². The van der Waals surface area contributed by atoms with Crippen molar-refractivity contribution in [2.45, 2.75) is 72.4 Å². The molecular formula is C15H30N2O. The van der Waals surface area contributed by atoms with E-state index in [0.29, 0.717) is 12.0 Å². The monoisotopic (exact) mass is 254 g/mol. The van der Waals surface area contributed by atoms with E-state index in [0.717, 1.165) is 19.4 Å². The molecule has 3 nitrogen and oxygen atoms in total. The molecule has 1 fully saturated rings. The number of hydrogen-bond donors (Lipinski definition) is 1. The lowest BCUT2D eigenvalue weighted by atomic mass is 9.86. The number of carbonyl (C=O) groups is 1. The topological polar surface area (TPSA) is 46.3 Å². The van der Waals surface area contributed by atoms with Gasteiger partial charge in [0.2, 0.25) is 5.91 Å². The number of carbonyl (C=O) groups excluding carboxylic acids is 1. The summed E-state index contributed by atoms with van der Waals surface area (Å²) in [7, 11) is 0. The maximum atomic E-state index is 12.6. The molecule has 1 rings (SSSR count). The molecule has 0 heterocycles. The van der Waals surface area contributed by atoms with Crippen LogP contribution in [0.2, 0.25) is 0 Å². The summed E-state index contributed by atoms with van der Waals surface area (Å²) in [4.78, 5) is 14.7. The molecule has 0 aromatic heterocycles. The predicted molar refractivity (Wildman–Crippen MR) is 76.2 cm³/mol. The van der Waals surface area contributed by atoms with E-state index in [1.54, 1.807) is 0 Å². The quantitative estimate of drug-likeness (QED) is 0.838. The normalized spacial score (nSPS) is 19.3. The zero-order valence-corrected chi connectivity index (χ0v) is 12.7. The van der Waals surface area contributed by atoms with Crippen LogP contribution in [0.1, 0.15) is 60.3 Å². The van der Waals surface area contributed by atoms with E-state index in [9.17, 15) is 4.79 Å². The van der Waals surface area contributed by atoms with E-state index in [-0.39, 0.29) is 11.3 Å².